The number of hydrogen-bond donors (Lipinski definition) is 3. The van der Waals surface area contributed by atoms with Crippen molar-refractivity contribution in [2.75, 3.05) is 5.32 Å². The summed E-state index contributed by atoms with van der Waals surface area (Å²) in [5.41, 5.74) is 6.23. The Kier molecular flexibility index (Phi) is 2.85. The Balaban J connectivity index is 1.78. The number of hydrogen-bond acceptors (Lipinski definition) is 5. The van der Waals surface area contributed by atoms with Gasteiger partial charge in [-0.1, -0.05) is 0 Å². The first-order valence-electron chi connectivity index (χ1n) is 6.40. The Morgan fingerprint density at radius 2 is 1.89 bits per heavy atom. The fourth-order valence-corrected chi connectivity index (χ4v) is 2.56. The molecule has 0 atom stereocenters. The molecule has 1 aliphatic heterocycles. The molecule has 0 bridgehead atoms. The van der Waals surface area contributed by atoms with Crippen LogP contribution >= 0.6 is 0 Å². The van der Waals surface area contributed by atoms with Crippen molar-refractivity contribution in [1.29, 1.82) is 0 Å². The summed E-state index contributed by atoms with van der Waals surface area (Å²) in [5.74, 6) is 0.587. The second kappa shape index (κ2) is 4.53. The van der Waals surface area contributed by atoms with E-state index in [2.05, 4.69) is 20.6 Å². The highest BCUT2D eigenvalue weighted by Gasteiger charge is 2.36. The second-order valence-electron chi connectivity index (χ2n) is 4.93. The molecule has 1 spiro atoms. The van der Waals surface area contributed by atoms with Crippen LogP contribution in [-0.4, -0.2) is 17.6 Å². The van der Waals surface area contributed by atoms with Crippen LogP contribution in [0.5, 0.6) is 0 Å². The topological polar surface area (TPSA) is 74.8 Å². The first kappa shape index (κ1) is 12.0. The van der Waals surface area contributed by atoms with Crippen LogP contribution in [0.3, 0.4) is 0 Å². The maximum Gasteiger partial charge on any atom is 0.220 e. The standard InChI is InChI=1S/C13H16FN5/c14-9-3-5-10(6-4-9)16-12-17-11(15)18-13(19-12)7-1-2-8-13/h3-6H,1-2,7-8H2,(H4,15,16,17,18,19). The van der Waals surface area contributed by atoms with Gasteiger partial charge in [0.1, 0.15) is 11.5 Å². The molecule has 1 aromatic carbocycles. The number of halogens is 1. The molecule has 0 unspecified atom stereocenters. The zero-order valence-electron chi connectivity index (χ0n) is 10.5. The normalized spacial score (nSPS) is 20.7. The van der Waals surface area contributed by atoms with Gasteiger partial charge >= 0.3 is 0 Å². The average molecular weight is 261 g/mol. The molecule has 1 aliphatic carbocycles. The molecule has 19 heavy (non-hydrogen) atoms. The zero-order chi connectivity index (χ0) is 13.3. The molecule has 5 nitrogen and oxygen atoms in total. The van der Waals surface area contributed by atoms with Crippen LogP contribution in [0.4, 0.5) is 10.1 Å². The zero-order valence-corrected chi connectivity index (χ0v) is 10.5. The number of nitrogens with zero attached hydrogens (tertiary/aromatic N) is 2. The van der Waals surface area contributed by atoms with E-state index in [0.29, 0.717) is 5.96 Å². The second-order valence-corrected chi connectivity index (χ2v) is 4.93. The van der Waals surface area contributed by atoms with Crippen LogP contribution in [-0.2, 0) is 0 Å². The smallest absolute Gasteiger partial charge is 0.220 e. The lowest BCUT2D eigenvalue weighted by Gasteiger charge is -2.31. The van der Waals surface area contributed by atoms with Gasteiger partial charge in [-0.15, -0.1) is 0 Å². The van der Waals surface area contributed by atoms with Crippen molar-refractivity contribution < 1.29 is 4.39 Å². The van der Waals surface area contributed by atoms with Gasteiger partial charge in [0.2, 0.25) is 11.9 Å². The third-order valence-electron chi connectivity index (χ3n) is 3.44. The van der Waals surface area contributed by atoms with E-state index in [0.717, 1.165) is 31.4 Å². The number of nitrogens with one attached hydrogen (secondary N) is 2. The first-order valence-corrected chi connectivity index (χ1v) is 6.40. The SMILES string of the molecule is NC1=NC2(CCCC2)NC(Nc2ccc(F)cc2)=N1. The van der Waals surface area contributed by atoms with E-state index in [-0.39, 0.29) is 17.4 Å². The van der Waals surface area contributed by atoms with Gasteiger partial charge in [-0.25, -0.2) is 9.38 Å². The van der Waals surface area contributed by atoms with Crippen molar-refractivity contribution >= 4 is 17.6 Å². The molecule has 0 saturated heterocycles. The molecule has 1 fully saturated rings. The molecule has 1 saturated carbocycles. The van der Waals surface area contributed by atoms with Crippen molar-refractivity contribution in [3.63, 3.8) is 0 Å². The number of aliphatic imine (C=N–C) groups is 2. The highest BCUT2D eigenvalue weighted by molar-refractivity contribution is 6.03. The lowest BCUT2D eigenvalue weighted by Crippen LogP contribution is -2.51. The number of anilines is 1. The summed E-state index contributed by atoms with van der Waals surface area (Å²) in [7, 11) is 0. The van der Waals surface area contributed by atoms with E-state index >= 15 is 0 Å². The maximum atomic E-state index is 12.9. The molecular formula is C13H16FN5. The molecule has 100 valence electrons. The fraction of sp³-hybridized carbons (Fsp3) is 0.385. The van der Waals surface area contributed by atoms with Gasteiger partial charge in [0, 0.05) is 5.69 Å². The minimum absolute atomic E-state index is 0.266. The van der Waals surface area contributed by atoms with E-state index in [9.17, 15) is 4.39 Å². The number of guanidine groups is 2. The van der Waals surface area contributed by atoms with Crippen LogP contribution in [0.25, 0.3) is 0 Å². The third-order valence-corrected chi connectivity index (χ3v) is 3.44. The molecule has 3 rings (SSSR count). The van der Waals surface area contributed by atoms with E-state index < -0.39 is 0 Å². The van der Waals surface area contributed by atoms with Gasteiger partial charge in [0.15, 0.2) is 0 Å². The fourth-order valence-electron chi connectivity index (χ4n) is 2.56. The summed E-state index contributed by atoms with van der Waals surface area (Å²) < 4.78 is 12.9. The van der Waals surface area contributed by atoms with Gasteiger partial charge in [0.25, 0.3) is 0 Å². The third kappa shape index (κ3) is 2.52. The summed E-state index contributed by atoms with van der Waals surface area (Å²) in [5, 5.41) is 6.40. The van der Waals surface area contributed by atoms with Gasteiger partial charge in [-0.2, -0.15) is 4.99 Å². The van der Waals surface area contributed by atoms with Crippen molar-refractivity contribution in [3.05, 3.63) is 30.1 Å². The highest BCUT2D eigenvalue weighted by atomic mass is 19.1. The van der Waals surface area contributed by atoms with E-state index in [1.807, 2.05) is 0 Å². The predicted octanol–water partition coefficient (Wildman–Crippen LogP) is 1.78. The van der Waals surface area contributed by atoms with Gasteiger partial charge in [-0.05, 0) is 49.9 Å². The average Bonchev–Trinajstić information content (AvgIpc) is 2.79. The lowest BCUT2D eigenvalue weighted by molar-refractivity contribution is 0.404. The van der Waals surface area contributed by atoms with Crippen LogP contribution in [0, 0.1) is 5.82 Å². The van der Waals surface area contributed by atoms with Crippen LogP contribution in [0.15, 0.2) is 34.3 Å². The molecule has 0 amide bonds. The molecule has 1 aromatic rings. The Labute approximate surface area is 110 Å². The van der Waals surface area contributed by atoms with Crippen molar-refractivity contribution in [2.24, 2.45) is 15.7 Å². The van der Waals surface area contributed by atoms with E-state index in [1.54, 1.807) is 12.1 Å². The minimum Gasteiger partial charge on any atom is -0.368 e. The Bertz CT molecular complexity index is 528. The van der Waals surface area contributed by atoms with Crippen molar-refractivity contribution in [1.82, 2.24) is 5.32 Å². The quantitative estimate of drug-likeness (QED) is 0.721. The molecule has 0 radical (unpaired) electrons. The molecular weight excluding hydrogens is 245 g/mol. The highest BCUT2D eigenvalue weighted by Crippen LogP contribution is 2.32. The monoisotopic (exact) mass is 261 g/mol. The number of benzene rings is 1. The predicted molar refractivity (Wildman–Crippen MR) is 73.4 cm³/mol. The summed E-state index contributed by atoms with van der Waals surface area (Å²) >= 11 is 0. The summed E-state index contributed by atoms with van der Waals surface area (Å²) in [6, 6.07) is 6.11. The van der Waals surface area contributed by atoms with Gasteiger partial charge in [-0.3, -0.25) is 0 Å². The largest absolute Gasteiger partial charge is 0.368 e. The Morgan fingerprint density at radius 1 is 1.21 bits per heavy atom. The molecule has 0 aromatic heterocycles. The van der Waals surface area contributed by atoms with E-state index in [1.165, 1.54) is 12.1 Å². The van der Waals surface area contributed by atoms with Crippen LogP contribution in [0.2, 0.25) is 0 Å². The maximum absolute atomic E-state index is 12.9. The van der Waals surface area contributed by atoms with Gasteiger partial charge in [0.05, 0.1) is 0 Å². The van der Waals surface area contributed by atoms with Gasteiger partial charge < -0.3 is 16.4 Å². The summed E-state index contributed by atoms with van der Waals surface area (Å²) in [4.78, 5) is 8.56. The number of rotatable bonds is 1. The van der Waals surface area contributed by atoms with Crippen LogP contribution in [0.1, 0.15) is 25.7 Å². The molecule has 4 N–H and O–H groups in total. The lowest BCUT2D eigenvalue weighted by atomic mass is 10.1. The Morgan fingerprint density at radius 3 is 2.58 bits per heavy atom. The molecule has 1 heterocycles. The van der Waals surface area contributed by atoms with Crippen molar-refractivity contribution in [3.8, 4) is 0 Å². The van der Waals surface area contributed by atoms with Crippen LogP contribution < -0.4 is 16.4 Å². The minimum atomic E-state index is -0.311. The van der Waals surface area contributed by atoms with Crippen molar-refractivity contribution in [2.45, 2.75) is 31.3 Å². The molecule has 6 heteroatoms. The summed E-state index contributed by atoms with van der Waals surface area (Å²) in [6.45, 7) is 0. The first-order chi connectivity index (χ1) is 9.15. The number of nitrogens with two attached hydrogens (primary N) is 1. The molecule has 2 aliphatic rings. The Hall–Kier alpha value is -2.11. The summed E-state index contributed by atoms with van der Waals surface area (Å²) in [6.07, 6.45) is 4.18. The van der Waals surface area contributed by atoms with E-state index in [4.69, 9.17) is 5.73 Å².